The molecule has 2 aromatic rings. The fourth-order valence-corrected chi connectivity index (χ4v) is 3.70. The Morgan fingerprint density at radius 2 is 1.91 bits per heavy atom. The lowest BCUT2D eigenvalue weighted by Crippen LogP contribution is -2.55. The molecule has 0 radical (unpaired) electrons. The first-order valence-electron chi connectivity index (χ1n) is 10.1. The summed E-state index contributed by atoms with van der Waals surface area (Å²) >= 11 is 3.33. The molecule has 0 saturated heterocycles. The van der Waals surface area contributed by atoms with Crippen LogP contribution in [0.1, 0.15) is 46.5 Å². The van der Waals surface area contributed by atoms with E-state index >= 15 is 0 Å². The van der Waals surface area contributed by atoms with Gasteiger partial charge in [-0.1, -0.05) is 35.8 Å². The van der Waals surface area contributed by atoms with Crippen molar-refractivity contribution in [2.45, 2.75) is 33.1 Å². The molecule has 0 unspecified atom stereocenters. The molecule has 1 aliphatic rings. The van der Waals surface area contributed by atoms with Gasteiger partial charge < -0.3 is 19.9 Å². The standard InChI is InChI=1S/C22H23BBrFN2O5/c1-12(2)8-19(23-31-18-10-15(25)6-7-16(18)22(30)32-23)27-20(28)11-26-21(29)17-9-14(24)5-4-13(17)3/h4-7,9-10,12,19H,8,11H2,1-3H3,(H,26,29)(H,27,28)/t19-/m0/s1. The third-order valence-electron chi connectivity index (χ3n) is 4.88. The van der Waals surface area contributed by atoms with Gasteiger partial charge in [-0.2, -0.15) is 0 Å². The van der Waals surface area contributed by atoms with E-state index in [0.717, 1.165) is 22.2 Å². The summed E-state index contributed by atoms with van der Waals surface area (Å²) in [5.74, 6) is -2.55. The first-order chi connectivity index (χ1) is 15.1. The van der Waals surface area contributed by atoms with Gasteiger partial charge in [0.2, 0.25) is 5.91 Å². The molecule has 0 aliphatic carbocycles. The summed E-state index contributed by atoms with van der Waals surface area (Å²) in [5, 5.41) is 5.35. The fourth-order valence-electron chi connectivity index (χ4n) is 3.34. The lowest BCUT2D eigenvalue weighted by molar-refractivity contribution is -0.120. The zero-order valence-corrected chi connectivity index (χ0v) is 19.5. The largest absolute Gasteiger partial charge is 0.620 e. The van der Waals surface area contributed by atoms with Crippen LogP contribution < -0.4 is 15.3 Å². The molecule has 32 heavy (non-hydrogen) atoms. The second-order valence-corrected chi connectivity index (χ2v) is 8.89. The molecule has 168 valence electrons. The Kier molecular flexibility index (Phi) is 7.55. The van der Waals surface area contributed by atoms with E-state index in [-0.39, 0.29) is 29.7 Å². The van der Waals surface area contributed by atoms with Crippen LogP contribution in [0.15, 0.2) is 40.9 Å². The average Bonchev–Trinajstić information content (AvgIpc) is 2.72. The minimum absolute atomic E-state index is 0.0627. The van der Waals surface area contributed by atoms with Gasteiger partial charge in [0.1, 0.15) is 11.6 Å². The second kappa shape index (κ2) is 10.2. The van der Waals surface area contributed by atoms with Gasteiger partial charge in [-0.15, -0.1) is 0 Å². The van der Waals surface area contributed by atoms with Gasteiger partial charge in [0.15, 0.2) is 0 Å². The Morgan fingerprint density at radius 3 is 2.62 bits per heavy atom. The van der Waals surface area contributed by atoms with Crippen molar-refractivity contribution in [1.29, 1.82) is 0 Å². The van der Waals surface area contributed by atoms with Gasteiger partial charge in [-0.25, -0.2) is 9.18 Å². The zero-order valence-electron chi connectivity index (χ0n) is 17.9. The number of benzene rings is 2. The highest BCUT2D eigenvalue weighted by Crippen LogP contribution is 2.27. The van der Waals surface area contributed by atoms with Crippen molar-refractivity contribution < 1.29 is 28.1 Å². The maximum absolute atomic E-state index is 13.6. The Hall–Kier alpha value is -2.88. The van der Waals surface area contributed by atoms with E-state index in [2.05, 4.69) is 26.6 Å². The van der Waals surface area contributed by atoms with E-state index in [1.54, 1.807) is 19.1 Å². The molecular weight excluding hydrogens is 482 g/mol. The molecule has 1 atom stereocenters. The molecule has 1 heterocycles. The molecule has 1 aliphatic heterocycles. The van der Waals surface area contributed by atoms with Gasteiger partial charge in [-0.3, -0.25) is 9.59 Å². The Morgan fingerprint density at radius 1 is 1.16 bits per heavy atom. The molecule has 2 aromatic carbocycles. The number of fused-ring (bicyclic) bond motifs is 1. The van der Waals surface area contributed by atoms with E-state index in [4.69, 9.17) is 9.31 Å². The van der Waals surface area contributed by atoms with Crippen LogP contribution in [-0.4, -0.2) is 37.4 Å². The van der Waals surface area contributed by atoms with Crippen molar-refractivity contribution in [2.75, 3.05) is 6.54 Å². The van der Waals surface area contributed by atoms with Gasteiger partial charge in [0, 0.05) is 16.1 Å². The molecule has 0 bridgehead atoms. The minimum Gasteiger partial charge on any atom is -0.524 e. The Bertz CT molecular complexity index is 1050. The molecule has 3 rings (SSSR count). The van der Waals surface area contributed by atoms with E-state index in [1.165, 1.54) is 6.07 Å². The Labute approximate surface area is 194 Å². The van der Waals surface area contributed by atoms with Crippen molar-refractivity contribution in [2.24, 2.45) is 5.92 Å². The lowest BCUT2D eigenvalue weighted by Gasteiger charge is -2.29. The number of nitrogens with one attached hydrogen (secondary N) is 2. The number of carbonyl (C=O) groups is 3. The lowest BCUT2D eigenvalue weighted by atomic mass is 9.72. The van der Waals surface area contributed by atoms with E-state index in [1.807, 2.05) is 19.9 Å². The third-order valence-corrected chi connectivity index (χ3v) is 5.38. The highest BCUT2D eigenvalue weighted by Gasteiger charge is 2.42. The summed E-state index contributed by atoms with van der Waals surface area (Å²) in [6.07, 6.45) is 0.438. The maximum atomic E-state index is 13.6. The number of hydrogen-bond acceptors (Lipinski definition) is 5. The molecule has 7 nitrogen and oxygen atoms in total. The molecule has 2 amide bonds. The van der Waals surface area contributed by atoms with Crippen LogP contribution in [0.2, 0.25) is 0 Å². The summed E-state index contributed by atoms with van der Waals surface area (Å²) < 4.78 is 25.4. The summed E-state index contributed by atoms with van der Waals surface area (Å²) in [6, 6.07) is 8.84. The van der Waals surface area contributed by atoms with Crippen LogP contribution in [0, 0.1) is 18.7 Å². The topological polar surface area (TPSA) is 93.7 Å². The highest BCUT2D eigenvalue weighted by atomic mass is 79.9. The molecule has 0 fully saturated rings. The van der Waals surface area contributed by atoms with Gasteiger partial charge in [-0.05, 0) is 49.1 Å². The number of amides is 2. The number of hydrogen-bond donors (Lipinski definition) is 2. The first kappa shape index (κ1) is 23.8. The smallest absolute Gasteiger partial charge is 0.524 e. The van der Waals surface area contributed by atoms with Crippen LogP contribution in [0.4, 0.5) is 4.39 Å². The maximum Gasteiger partial charge on any atom is 0.620 e. The normalized spacial score (nSPS) is 13.7. The van der Waals surface area contributed by atoms with Crippen molar-refractivity contribution in [3.63, 3.8) is 0 Å². The molecule has 0 aromatic heterocycles. The molecule has 0 saturated carbocycles. The van der Waals surface area contributed by atoms with Crippen LogP contribution in [0.5, 0.6) is 5.75 Å². The average molecular weight is 505 g/mol. The van der Waals surface area contributed by atoms with E-state index in [0.29, 0.717) is 12.0 Å². The van der Waals surface area contributed by atoms with Gasteiger partial charge in [0.05, 0.1) is 18.0 Å². The third kappa shape index (κ3) is 5.88. The highest BCUT2D eigenvalue weighted by molar-refractivity contribution is 9.10. The zero-order chi connectivity index (χ0) is 23.4. The molecule has 2 N–H and O–H groups in total. The Balaban J connectivity index is 1.66. The van der Waals surface area contributed by atoms with Crippen molar-refractivity contribution in [1.82, 2.24) is 10.6 Å². The SMILES string of the molecule is Cc1ccc(Br)cc1C(=O)NCC(=O)N[C@@H](CC(C)C)B1OC(=O)c2ccc(F)cc2O1. The van der Waals surface area contributed by atoms with Crippen LogP contribution in [0.25, 0.3) is 0 Å². The second-order valence-electron chi connectivity index (χ2n) is 7.98. The fraction of sp³-hybridized carbons (Fsp3) is 0.318. The van der Waals surface area contributed by atoms with Crippen LogP contribution >= 0.6 is 15.9 Å². The van der Waals surface area contributed by atoms with Crippen molar-refractivity contribution in [3.8, 4) is 5.75 Å². The van der Waals surface area contributed by atoms with E-state index < -0.39 is 30.8 Å². The molecular formula is C22H23BBrFN2O5. The van der Waals surface area contributed by atoms with Gasteiger partial charge in [0.25, 0.3) is 5.91 Å². The quantitative estimate of drug-likeness (QED) is 0.563. The van der Waals surface area contributed by atoms with Gasteiger partial charge >= 0.3 is 13.1 Å². The summed E-state index contributed by atoms with van der Waals surface area (Å²) in [4.78, 5) is 37.3. The summed E-state index contributed by atoms with van der Waals surface area (Å²) in [6.45, 7) is 5.41. The number of rotatable bonds is 7. The predicted molar refractivity (Wildman–Crippen MR) is 121 cm³/mol. The number of aryl methyl sites for hydroxylation is 1. The number of halogens is 2. The molecule has 10 heteroatoms. The van der Waals surface area contributed by atoms with Crippen molar-refractivity contribution >= 4 is 40.8 Å². The summed E-state index contributed by atoms with van der Waals surface area (Å²) in [7, 11) is -1.12. The van der Waals surface area contributed by atoms with Crippen molar-refractivity contribution in [3.05, 3.63) is 63.4 Å². The van der Waals surface area contributed by atoms with E-state index in [9.17, 15) is 18.8 Å². The molecule has 0 spiro atoms. The van der Waals surface area contributed by atoms with Crippen LogP contribution in [0.3, 0.4) is 0 Å². The van der Waals surface area contributed by atoms with Crippen LogP contribution in [-0.2, 0) is 9.45 Å². The predicted octanol–water partition coefficient (Wildman–Crippen LogP) is 3.43. The minimum atomic E-state index is -1.12. The monoisotopic (exact) mass is 504 g/mol. The first-order valence-corrected chi connectivity index (χ1v) is 10.9. The summed E-state index contributed by atoms with van der Waals surface area (Å²) in [5.41, 5.74) is 1.35. The number of carbonyl (C=O) groups excluding carboxylic acids is 3.